The van der Waals surface area contributed by atoms with Crippen molar-refractivity contribution in [1.82, 2.24) is 20.2 Å². The second kappa shape index (κ2) is 10.3. The molecule has 35 heavy (non-hydrogen) atoms. The highest BCUT2D eigenvalue weighted by Gasteiger charge is 2.41. The van der Waals surface area contributed by atoms with Gasteiger partial charge in [0, 0.05) is 12.0 Å². The fraction of sp³-hybridized carbons (Fsp3) is 0.385. The van der Waals surface area contributed by atoms with Gasteiger partial charge in [0.25, 0.3) is 0 Å². The molecule has 3 unspecified atom stereocenters. The molecule has 0 bridgehead atoms. The first-order chi connectivity index (χ1) is 16.7. The molecule has 0 aliphatic carbocycles. The molecule has 4 rings (SSSR count). The normalized spacial score (nSPS) is 18.6. The summed E-state index contributed by atoms with van der Waals surface area (Å²) in [6.07, 6.45) is -0.208. The summed E-state index contributed by atoms with van der Waals surface area (Å²) in [7, 11) is 0. The zero-order valence-electron chi connectivity index (χ0n) is 19.9. The maximum atomic E-state index is 14.7. The number of rotatable bonds is 7. The lowest BCUT2D eigenvalue weighted by Gasteiger charge is -2.26. The molecule has 3 aromatic rings. The predicted octanol–water partition coefficient (Wildman–Crippen LogP) is 4.03. The fourth-order valence-corrected chi connectivity index (χ4v) is 4.29. The van der Waals surface area contributed by atoms with Crippen LogP contribution in [0.4, 0.5) is 8.78 Å². The maximum absolute atomic E-state index is 14.7. The Morgan fingerprint density at radius 3 is 2.54 bits per heavy atom. The molecule has 0 saturated carbocycles. The van der Waals surface area contributed by atoms with E-state index in [2.05, 4.69) is 15.3 Å². The lowest BCUT2D eigenvalue weighted by atomic mass is 9.99. The second-order valence-electron chi connectivity index (χ2n) is 9.08. The summed E-state index contributed by atoms with van der Waals surface area (Å²) in [4.78, 5) is 35.7. The Morgan fingerprint density at radius 2 is 1.91 bits per heavy atom. The van der Waals surface area contributed by atoms with Crippen LogP contribution in [0.2, 0.25) is 0 Å². The number of oxazole rings is 1. The van der Waals surface area contributed by atoms with Gasteiger partial charge in [-0.2, -0.15) is 4.39 Å². The standard InChI is InChI=1S/C26H28F2N4O3/c1-15(2)19-9-10-20(30-25(19)28)24(17-7-5-4-6-8-17)31-26(34)21-11-18(27)13-32(21)23(33)12-22-29-16(3)14-35-22/h4-10,14-15,18,21,24H,11-13H2,1-3H3,(H,31,34). The number of halogens is 2. The highest BCUT2D eigenvalue weighted by molar-refractivity contribution is 5.89. The first kappa shape index (κ1) is 24.5. The summed E-state index contributed by atoms with van der Waals surface area (Å²) in [5.41, 5.74) is 2.10. The average Bonchev–Trinajstić information content (AvgIpc) is 3.42. The van der Waals surface area contributed by atoms with Gasteiger partial charge in [-0.05, 0) is 24.5 Å². The Bertz CT molecular complexity index is 1200. The molecule has 9 heteroatoms. The number of benzene rings is 1. The fourth-order valence-electron chi connectivity index (χ4n) is 4.29. The van der Waals surface area contributed by atoms with Crippen LogP contribution in [0.3, 0.4) is 0 Å². The summed E-state index contributed by atoms with van der Waals surface area (Å²) in [6.45, 7) is 5.28. The molecule has 3 heterocycles. The molecule has 0 spiro atoms. The number of hydrogen-bond acceptors (Lipinski definition) is 5. The lowest BCUT2D eigenvalue weighted by Crippen LogP contribution is -2.47. The number of pyridine rings is 1. The van der Waals surface area contributed by atoms with Crippen molar-refractivity contribution in [3.05, 3.63) is 83.1 Å². The summed E-state index contributed by atoms with van der Waals surface area (Å²) < 4.78 is 34.3. The van der Waals surface area contributed by atoms with E-state index in [9.17, 15) is 18.4 Å². The van der Waals surface area contributed by atoms with Crippen LogP contribution in [0.25, 0.3) is 0 Å². The lowest BCUT2D eigenvalue weighted by molar-refractivity contribution is -0.138. The first-order valence-electron chi connectivity index (χ1n) is 11.6. The van der Waals surface area contributed by atoms with Crippen molar-refractivity contribution < 1.29 is 22.8 Å². The maximum Gasteiger partial charge on any atom is 0.243 e. The first-order valence-corrected chi connectivity index (χ1v) is 11.6. The summed E-state index contributed by atoms with van der Waals surface area (Å²) in [5.74, 6) is -1.43. The van der Waals surface area contributed by atoms with Gasteiger partial charge in [-0.3, -0.25) is 9.59 Å². The largest absolute Gasteiger partial charge is 0.448 e. The number of aromatic nitrogens is 2. The molecular weight excluding hydrogens is 454 g/mol. The van der Waals surface area contributed by atoms with E-state index in [0.717, 1.165) is 0 Å². The third-order valence-corrected chi connectivity index (χ3v) is 6.08. The van der Waals surface area contributed by atoms with Crippen molar-refractivity contribution in [3.8, 4) is 0 Å². The van der Waals surface area contributed by atoms with Crippen molar-refractivity contribution in [2.75, 3.05) is 6.54 Å². The SMILES string of the molecule is Cc1coc(CC(=O)N2CC(F)CC2C(=O)NC(c2ccccc2)c2ccc(C(C)C)c(F)n2)n1. The molecule has 1 fully saturated rings. The molecule has 0 radical (unpaired) electrons. The van der Waals surface area contributed by atoms with Gasteiger partial charge < -0.3 is 14.6 Å². The number of nitrogens with one attached hydrogen (secondary N) is 1. The molecule has 1 aliphatic heterocycles. The van der Waals surface area contributed by atoms with E-state index >= 15 is 0 Å². The monoisotopic (exact) mass is 482 g/mol. The molecule has 2 aromatic heterocycles. The third-order valence-electron chi connectivity index (χ3n) is 6.08. The summed E-state index contributed by atoms with van der Waals surface area (Å²) in [5, 5.41) is 2.87. The summed E-state index contributed by atoms with van der Waals surface area (Å²) >= 11 is 0. The van der Waals surface area contributed by atoms with Crippen LogP contribution < -0.4 is 5.32 Å². The zero-order chi connectivity index (χ0) is 25.1. The molecule has 7 nitrogen and oxygen atoms in total. The van der Waals surface area contributed by atoms with E-state index in [0.29, 0.717) is 22.5 Å². The van der Waals surface area contributed by atoms with Gasteiger partial charge in [-0.25, -0.2) is 14.4 Å². The number of likely N-dealkylation sites (tertiary alicyclic amines) is 1. The van der Waals surface area contributed by atoms with Gasteiger partial charge >= 0.3 is 0 Å². The van der Waals surface area contributed by atoms with Crippen molar-refractivity contribution >= 4 is 11.8 Å². The van der Waals surface area contributed by atoms with E-state index in [-0.39, 0.29) is 31.2 Å². The number of hydrogen-bond donors (Lipinski definition) is 1. The van der Waals surface area contributed by atoms with Gasteiger partial charge in [-0.15, -0.1) is 0 Å². The number of nitrogens with zero attached hydrogens (tertiary/aromatic N) is 3. The van der Waals surface area contributed by atoms with E-state index in [1.807, 2.05) is 19.9 Å². The van der Waals surface area contributed by atoms with Gasteiger partial charge in [0.1, 0.15) is 24.9 Å². The summed E-state index contributed by atoms with van der Waals surface area (Å²) in [6, 6.07) is 10.6. The zero-order valence-corrected chi connectivity index (χ0v) is 19.9. The van der Waals surface area contributed by atoms with Gasteiger partial charge in [-0.1, -0.05) is 50.2 Å². The van der Waals surface area contributed by atoms with Crippen molar-refractivity contribution in [2.45, 2.75) is 57.8 Å². The topological polar surface area (TPSA) is 88.3 Å². The Balaban J connectivity index is 1.58. The van der Waals surface area contributed by atoms with E-state index < -0.39 is 36.0 Å². The van der Waals surface area contributed by atoms with Gasteiger partial charge in [0.15, 0.2) is 0 Å². The van der Waals surface area contributed by atoms with Crippen molar-refractivity contribution in [3.63, 3.8) is 0 Å². The van der Waals surface area contributed by atoms with E-state index in [4.69, 9.17) is 4.42 Å². The van der Waals surface area contributed by atoms with Crippen molar-refractivity contribution in [1.29, 1.82) is 0 Å². The minimum Gasteiger partial charge on any atom is -0.448 e. The van der Waals surface area contributed by atoms with Gasteiger partial charge in [0.05, 0.1) is 24.0 Å². The molecule has 184 valence electrons. The van der Waals surface area contributed by atoms with Crippen LogP contribution in [-0.2, 0) is 16.0 Å². The van der Waals surface area contributed by atoms with Crippen LogP contribution in [0.1, 0.15) is 60.6 Å². The second-order valence-corrected chi connectivity index (χ2v) is 9.08. The quantitative estimate of drug-likeness (QED) is 0.514. The third kappa shape index (κ3) is 5.55. The predicted molar refractivity (Wildman–Crippen MR) is 125 cm³/mol. The number of amides is 2. The smallest absolute Gasteiger partial charge is 0.243 e. The Kier molecular flexibility index (Phi) is 7.23. The van der Waals surface area contributed by atoms with Crippen LogP contribution >= 0.6 is 0 Å². The molecule has 1 saturated heterocycles. The molecule has 1 aromatic carbocycles. The number of alkyl halides is 1. The van der Waals surface area contributed by atoms with Crippen molar-refractivity contribution in [2.24, 2.45) is 0 Å². The number of carbonyl (C=O) groups is 2. The number of aryl methyl sites for hydroxylation is 1. The van der Waals surface area contributed by atoms with Crippen LogP contribution in [-0.4, -0.2) is 45.4 Å². The highest BCUT2D eigenvalue weighted by atomic mass is 19.1. The van der Waals surface area contributed by atoms with E-state index in [1.54, 1.807) is 43.3 Å². The van der Waals surface area contributed by atoms with E-state index in [1.165, 1.54) is 11.2 Å². The molecular formula is C26H28F2N4O3. The van der Waals surface area contributed by atoms with Crippen LogP contribution in [0.5, 0.6) is 0 Å². The van der Waals surface area contributed by atoms with Crippen LogP contribution in [0, 0.1) is 12.9 Å². The Labute approximate surface area is 202 Å². The minimum atomic E-state index is -1.34. The highest BCUT2D eigenvalue weighted by Crippen LogP contribution is 2.27. The Morgan fingerprint density at radius 1 is 1.17 bits per heavy atom. The number of carbonyl (C=O) groups excluding carboxylic acids is 2. The Hall–Kier alpha value is -3.62. The molecule has 3 atom stereocenters. The van der Waals surface area contributed by atoms with Gasteiger partial charge in [0.2, 0.25) is 23.7 Å². The molecule has 1 N–H and O–H groups in total. The molecule has 1 aliphatic rings. The van der Waals surface area contributed by atoms with Crippen LogP contribution in [0.15, 0.2) is 53.1 Å². The average molecular weight is 483 g/mol. The molecule has 2 amide bonds. The minimum absolute atomic E-state index is 0.0479.